The summed E-state index contributed by atoms with van der Waals surface area (Å²) in [6, 6.07) is 7.84. The molecular formula is C22H28N4O. The van der Waals surface area contributed by atoms with Crippen molar-refractivity contribution >= 4 is 5.91 Å². The zero-order chi connectivity index (χ0) is 18.3. The van der Waals surface area contributed by atoms with Crippen molar-refractivity contribution in [1.82, 2.24) is 19.8 Å². The monoisotopic (exact) mass is 364 g/mol. The molecule has 1 aliphatic carbocycles. The number of benzene rings is 1. The summed E-state index contributed by atoms with van der Waals surface area (Å²) in [6.45, 7) is 5.47. The Balaban J connectivity index is 1.32. The van der Waals surface area contributed by atoms with E-state index in [1.54, 1.807) is 12.4 Å². The number of rotatable bonds is 4. The molecule has 1 aromatic carbocycles. The number of likely N-dealkylation sites (tertiary alicyclic amines) is 2. The molecule has 1 spiro atoms. The van der Waals surface area contributed by atoms with Crippen molar-refractivity contribution in [3.63, 3.8) is 0 Å². The molecule has 142 valence electrons. The fourth-order valence-electron chi connectivity index (χ4n) is 5.03. The van der Waals surface area contributed by atoms with Crippen LogP contribution in [0, 0.1) is 11.3 Å². The number of hydrogen-bond donors (Lipinski definition) is 1. The molecule has 1 atom stereocenters. The van der Waals surface area contributed by atoms with Gasteiger partial charge >= 0.3 is 0 Å². The second-order valence-electron chi connectivity index (χ2n) is 8.74. The van der Waals surface area contributed by atoms with Gasteiger partial charge in [-0.25, -0.2) is 4.98 Å². The van der Waals surface area contributed by atoms with Gasteiger partial charge in [0.2, 0.25) is 0 Å². The number of nitrogens with zero attached hydrogens (tertiary/aromatic N) is 3. The number of H-pyrrole nitrogens is 1. The van der Waals surface area contributed by atoms with Crippen LogP contribution in [-0.4, -0.2) is 58.4 Å². The van der Waals surface area contributed by atoms with Crippen LogP contribution in [0.5, 0.6) is 0 Å². The fourth-order valence-corrected chi connectivity index (χ4v) is 5.03. The summed E-state index contributed by atoms with van der Waals surface area (Å²) in [4.78, 5) is 25.6. The normalized spacial score (nSPS) is 26.0. The highest BCUT2D eigenvalue weighted by molar-refractivity contribution is 6.00. The van der Waals surface area contributed by atoms with Gasteiger partial charge in [0.25, 0.3) is 5.91 Å². The summed E-state index contributed by atoms with van der Waals surface area (Å²) in [6.07, 6.45) is 10.0. The summed E-state index contributed by atoms with van der Waals surface area (Å²) >= 11 is 0. The molecule has 27 heavy (non-hydrogen) atoms. The van der Waals surface area contributed by atoms with Crippen LogP contribution in [0.1, 0.15) is 42.5 Å². The van der Waals surface area contributed by atoms with E-state index in [9.17, 15) is 4.79 Å². The molecule has 5 heteroatoms. The van der Waals surface area contributed by atoms with E-state index in [1.165, 1.54) is 45.3 Å². The predicted octanol–water partition coefficient (Wildman–Crippen LogP) is 3.41. The number of carbonyl (C=O) groups is 1. The number of imidazole rings is 1. The summed E-state index contributed by atoms with van der Waals surface area (Å²) < 4.78 is 0. The molecule has 2 saturated heterocycles. The highest BCUT2D eigenvalue weighted by atomic mass is 16.2. The molecule has 1 aromatic heterocycles. The quantitative estimate of drug-likeness (QED) is 0.904. The number of amides is 1. The number of hydrogen-bond acceptors (Lipinski definition) is 3. The van der Waals surface area contributed by atoms with Gasteiger partial charge in [-0.2, -0.15) is 0 Å². The van der Waals surface area contributed by atoms with E-state index in [2.05, 4.69) is 19.8 Å². The van der Waals surface area contributed by atoms with Crippen molar-refractivity contribution in [2.24, 2.45) is 11.3 Å². The highest BCUT2D eigenvalue weighted by Crippen LogP contribution is 2.41. The third kappa shape index (κ3) is 3.41. The van der Waals surface area contributed by atoms with Gasteiger partial charge in [0, 0.05) is 49.6 Å². The number of aromatic amines is 1. The molecule has 1 N–H and O–H groups in total. The molecule has 1 unspecified atom stereocenters. The maximum Gasteiger partial charge on any atom is 0.254 e. The van der Waals surface area contributed by atoms with E-state index in [1.807, 2.05) is 24.3 Å². The Morgan fingerprint density at radius 2 is 2.07 bits per heavy atom. The summed E-state index contributed by atoms with van der Waals surface area (Å²) in [5.74, 6) is 1.86. The smallest absolute Gasteiger partial charge is 0.254 e. The Hall–Kier alpha value is -2.14. The van der Waals surface area contributed by atoms with E-state index < -0.39 is 0 Å². The van der Waals surface area contributed by atoms with Crippen LogP contribution in [0.2, 0.25) is 0 Å². The lowest BCUT2D eigenvalue weighted by atomic mass is 9.79. The lowest BCUT2D eigenvalue weighted by Gasteiger charge is -2.40. The van der Waals surface area contributed by atoms with E-state index in [0.717, 1.165) is 42.4 Å². The number of aromatic nitrogens is 2. The number of carbonyl (C=O) groups excluding carboxylic acids is 1. The first-order chi connectivity index (χ1) is 13.2. The Morgan fingerprint density at radius 3 is 2.89 bits per heavy atom. The number of nitrogens with one attached hydrogen (secondary N) is 1. The first kappa shape index (κ1) is 17.0. The van der Waals surface area contributed by atoms with Crippen LogP contribution < -0.4 is 0 Å². The van der Waals surface area contributed by atoms with E-state index in [-0.39, 0.29) is 5.91 Å². The van der Waals surface area contributed by atoms with Crippen molar-refractivity contribution in [2.45, 2.75) is 32.1 Å². The fraction of sp³-hybridized carbons (Fsp3) is 0.545. The zero-order valence-corrected chi connectivity index (χ0v) is 15.9. The Morgan fingerprint density at radius 1 is 1.19 bits per heavy atom. The second kappa shape index (κ2) is 6.79. The molecular weight excluding hydrogens is 336 g/mol. The number of piperidine rings is 1. The van der Waals surface area contributed by atoms with Crippen molar-refractivity contribution in [1.29, 1.82) is 0 Å². The van der Waals surface area contributed by atoms with Crippen molar-refractivity contribution in [3.8, 4) is 11.4 Å². The van der Waals surface area contributed by atoms with Gasteiger partial charge < -0.3 is 14.8 Å². The van der Waals surface area contributed by atoms with Gasteiger partial charge in [-0.1, -0.05) is 18.2 Å². The van der Waals surface area contributed by atoms with Crippen LogP contribution >= 0.6 is 0 Å². The van der Waals surface area contributed by atoms with Gasteiger partial charge in [0.1, 0.15) is 5.82 Å². The molecule has 2 aliphatic heterocycles. The highest BCUT2D eigenvalue weighted by Gasteiger charge is 2.43. The average molecular weight is 364 g/mol. The van der Waals surface area contributed by atoms with E-state index in [0.29, 0.717) is 5.41 Å². The van der Waals surface area contributed by atoms with Crippen LogP contribution in [0.3, 0.4) is 0 Å². The minimum atomic E-state index is 0.151. The van der Waals surface area contributed by atoms with Gasteiger partial charge in [0.05, 0.1) is 5.56 Å². The van der Waals surface area contributed by atoms with Crippen LogP contribution in [0.25, 0.3) is 11.4 Å². The standard InChI is InChI=1S/C22H28N4O/c27-21(19-5-2-1-4-18(19)20-23-10-11-24-20)26-13-9-22(16-26)8-3-12-25(15-22)14-17-6-7-17/h1-2,4-5,10-11,17H,3,6-9,12-16H2,(H,23,24). The lowest BCUT2D eigenvalue weighted by molar-refractivity contribution is 0.0682. The van der Waals surface area contributed by atoms with Crippen molar-refractivity contribution < 1.29 is 4.79 Å². The van der Waals surface area contributed by atoms with E-state index >= 15 is 0 Å². The van der Waals surface area contributed by atoms with Crippen molar-refractivity contribution in [2.75, 3.05) is 32.7 Å². The SMILES string of the molecule is O=C(c1ccccc1-c1ncc[nH]1)N1CCC2(CCCN(CC3CC3)C2)C1. The third-order valence-corrected chi connectivity index (χ3v) is 6.59. The minimum Gasteiger partial charge on any atom is -0.345 e. The first-order valence-electron chi connectivity index (χ1n) is 10.3. The molecule has 3 heterocycles. The molecule has 2 aromatic rings. The summed E-state index contributed by atoms with van der Waals surface area (Å²) in [7, 11) is 0. The Labute approximate surface area is 160 Å². The van der Waals surface area contributed by atoms with E-state index in [4.69, 9.17) is 0 Å². The largest absolute Gasteiger partial charge is 0.345 e. The average Bonchev–Trinajstić information content (AvgIpc) is 3.18. The second-order valence-corrected chi connectivity index (χ2v) is 8.74. The maximum atomic E-state index is 13.3. The van der Waals surface area contributed by atoms with Crippen LogP contribution in [-0.2, 0) is 0 Å². The third-order valence-electron chi connectivity index (χ3n) is 6.59. The summed E-state index contributed by atoms with van der Waals surface area (Å²) in [5.41, 5.74) is 1.96. The molecule has 1 amide bonds. The van der Waals surface area contributed by atoms with Crippen LogP contribution in [0.4, 0.5) is 0 Å². The lowest BCUT2D eigenvalue weighted by Crippen LogP contribution is -2.46. The van der Waals surface area contributed by atoms with Crippen molar-refractivity contribution in [3.05, 3.63) is 42.2 Å². The molecule has 0 bridgehead atoms. The Kier molecular flexibility index (Phi) is 4.27. The topological polar surface area (TPSA) is 52.2 Å². The minimum absolute atomic E-state index is 0.151. The molecule has 0 radical (unpaired) electrons. The van der Waals surface area contributed by atoms with Gasteiger partial charge in [0.15, 0.2) is 0 Å². The van der Waals surface area contributed by atoms with Gasteiger partial charge in [-0.3, -0.25) is 4.79 Å². The van der Waals surface area contributed by atoms with Gasteiger partial charge in [-0.05, 0) is 50.6 Å². The first-order valence-corrected chi connectivity index (χ1v) is 10.3. The summed E-state index contributed by atoms with van der Waals surface area (Å²) in [5, 5.41) is 0. The zero-order valence-electron chi connectivity index (χ0n) is 15.9. The Bertz CT molecular complexity index is 813. The van der Waals surface area contributed by atoms with Crippen LogP contribution in [0.15, 0.2) is 36.7 Å². The van der Waals surface area contributed by atoms with Gasteiger partial charge in [-0.15, -0.1) is 0 Å². The molecule has 3 fully saturated rings. The maximum absolute atomic E-state index is 13.3. The molecule has 5 nitrogen and oxygen atoms in total. The molecule has 3 aliphatic rings. The molecule has 5 rings (SSSR count). The molecule has 1 saturated carbocycles. The predicted molar refractivity (Wildman–Crippen MR) is 105 cm³/mol.